The SMILES string of the molecule is CNCCN1C(=O)CC[C@H]2CN(C(=O)C3(Cn4ccnc4)CC3)CC[C@H]21.Cl.Cl. The summed E-state index contributed by atoms with van der Waals surface area (Å²) in [5.41, 5.74) is -0.218. The van der Waals surface area contributed by atoms with Crippen molar-refractivity contribution >= 4 is 36.6 Å². The highest BCUT2D eigenvalue weighted by Gasteiger charge is 2.53. The molecule has 1 aromatic rings. The van der Waals surface area contributed by atoms with Gasteiger partial charge in [0.05, 0.1) is 11.7 Å². The lowest BCUT2D eigenvalue weighted by Gasteiger charge is -2.47. The number of likely N-dealkylation sites (tertiary alicyclic amines) is 2. The van der Waals surface area contributed by atoms with Crippen molar-refractivity contribution in [3.8, 4) is 0 Å². The fourth-order valence-electron chi connectivity index (χ4n) is 4.71. The van der Waals surface area contributed by atoms with Gasteiger partial charge in [0, 0.05) is 57.6 Å². The number of carbonyl (C=O) groups excluding carboxylic acids is 2. The third-order valence-electron chi connectivity index (χ3n) is 6.39. The summed E-state index contributed by atoms with van der Waals surface area (Å²) < 4.78 is 2.02. The Morgan fingerprint density at radius 3 is 2.75 bits per heavy atom. The number of amides is 2. The molecule has 3 fully saturated rings. The van der Waals surface area contributed by atoms with Crippen LogP contribution in [-0.2, 0) is 16.1 Å². The van der Waals surface area contributed by atoms with E-state index in [0.717, 1.165) is 58.4 Å². The standard InChI is InChI=1S/C19H29N5O2.2ClH/c1-20-7-11-24-16-4-9-23(12-15(16)2-3-17(24)25)18(26)19(5-6-19)13-22-10-8-21-14-22;;/h8,10,14-16,20H,2-7,9,11-13H2,1H3;2*1H/t15-,16+;;/m0../s1. The smallest absolute Gasteiger partial charge is 0.230 e. The zero-order valence-electron chi connectivity index (χ0n) is 16.4. The third kappa shape index (κ3) is 4.47. The predicted molar refractivity (Wildman–Crippen MR) is 112 cm³/mol. The van der Waals surface area contributed by atoms with Crippen molar-refractivity contribution in [3.63, 3.8) is 0 Å². The zero-order chi connectivity index (χ0) is 18.1. The summed E-state index contributed by atoms with van der Waals surface area (Å²) >= 11 is 0. The first-order chi connectivity index (χ1) is 12.6. The average Bonchev–Trinajstić information content (AvgIpc) is 3.25. The molecule has 1 saturated carbocycles. The van der Waals surface area contributed by atoms with Crippen LogP contribution in [0.15, 0.2) is 18.7 Å². The first kappa shape index (κ1) is 23.0. The number of piperidine rings is 2. The Labute approximate surface area is 179 Å². The molecule has 4 rings (SSSR count). The van der Waals surface area contributed by atoms with E-state index >= 15 is 0 Å². The second-order valence-electron chi connectivity index (χ2n) is 8.11. The van der Waals surface area contributed by atoms with Gasteiger partial charge in [-0.1, -0.05) is 0 Å². The molecular formula is C19H31Cl2N5O2. The molecule has 2 amide bonds. The Kier molecular flexibility index (Phi) is 7.76. The molecule has 0 aromatic carbocycles. The normalized spacial score (nSPS) is 25.4. The van der Waals surface area contributed by atoms with E-state index in [9.17, 15) is 9.59 Å². The van der Waals surface area contributed by atoms with E-state index in [4.69, 9.17) is 0 Å². The number of fused-ring (bicyclic) bond motifs is 1. The maximum absolute atomic E-state index is 13.2. The molecule has 2 saturated heterocycles. The zero-order valence-corrected chi connectivity index (χ0v) is 18.0. The van der Waals surface area contributed by atoms with E-state index in [0.29, 0.717) is 24.3 Å². The lowest BCUT2D eigenvalue weighted by molar-refractivity contribution is -0.146. The third-order valence-corrected chi connectivity index (χ3v) is 6.39. The van der Waals surface area contributed by atoms with Gasteiger partial charge in [-0.25, -0.2) is 4.98 Å². The van der Waals surface area contributed by atoms with Crippen LogP contribution < -0.4 is 5.32 Å². The molecule has 158 valence electrons. The number of hydrogen-bond donors (Lipinski definition) is 1. The van der Waals surface area contributed by atoms with Crippen LogP contribution >= 0.6 is 24.8 Å². The molecule has 0 spiro atoms. The van der Waals surface area contributed by atoms with Crippen LogP contribution in [0.5, 0.6) is 0 Å². The van der Waals surface area contributed by atoms with Crippen LogP contribution in [-0.4, -0.2) is 70.4 Å². The first-order valence-corrected chi connectivity index (χ1v) is 9.82. The van der Waals surface area contributed by atoms with Crippen LogP contribution in [0.2, 0.25) is 0 Å². The minimum Gasteiger partial charge on any atom is -0.342 e. The number of halogens is 2. The van der Waals surface area contributed by atoms with Crippen molar-refractivity contribution < 1.29 is 9.59 Å². The van der Waals surface area contributed by atoms with Crippen molar-refractivity contribution in [1.82, 2.24) is 24.7 Å². The minimum absolute atomic E-state index is 0. The fourth-order valence-corrected chi connectivity index (χ4v) is 4.71. The molecule has 1 aromatic heterocycles. The van der Waals surface area contributed by atoms with E-state index < -0.39 is 0 Å². The molecule has 0 bridgehead atoms. The molecule has 0 unspecified atom stereocenters. The molecule has 3 heterocycles. The molecule has 0 radical (unpaired) electrons. The summed E-state index contributed by atoms with van der Waals surface area (Å²) in [5.74, 6) is 1.01. The Hall–Kier alpha value is -1.31. The number of aromatic nitrogens is 2. The largest absolute Gasteiger partial charge is 0.342 e. The first-order valence-electron chi connectivity index (χ1n) is 9.82. The number of carbonyl (C=O) groups is 2. The van der Waals surface area contributed by atoms with Gasteiger partial charge in [0.2, 0.25) is 11.8 Å². The summed E-state index contributed by atoms with van der Waals surface area (Å²) in [6.07, 6.45) is 9.89. The molecular weight excluding hydrogens is 401 g/mol. The summed E-state index contributed by atoms with van der Waals surface area (Å²) in [5, 5.41) is 3.14. The quantitative estimate of drug-likeness (QED) is 0.741. The van der Waals surface area contributed by atoms with Gasteiger partial charge in [-0.2, -0.15) is 0 Å². The second-order valence-corrected chi connectivity index (χ2v) is 8.11. The number of nitrogens with one attached hydrogen (secondary N) is 1. The molecule has 2 atom stereocenters. The molecule has 9 heteroatoms. The number of rotatable bonds is 6. The maximum atomic E-state index is 13.2. The molecule has 1 aliphatic carbocycles. The molecule has 1 N–H and O–H groups in total. The van der Waals surface area contributed by atoms with Gasteiger partial charge in [-0.15, -0.1) is 24.8 Å². The van der Waals surface area contributed by atoms with Crippen LogP contribution in [0.3, 0.4) is 0 Å². The van der Waals surface area contributed by atoms with E-state index in [2.05, 4.69) is 20.1 Å². The van der Waals surface area contributed by atoms with Gasteiger partial charge in [-0.05, 0) is 38.6 Å². The Morgan fingerprint density at radius 1 is 1.32 bits per heavy atom. The number of hydrogen-bond acceptors (Lipinski definition) is 4. The minimum atomic E-state index is -0.218. The highest BCUT2D eigenvalue weighted by Crippen LogP contribution is 2.49. The molecule has 28 heavy (non-hydrogen) atoms. The predicted octanol–water partition coefficient (Wildman–Crippen LogP) is 1.57. The van der Waals surface area contributed by atoms with Crippen molar-refractivity contribution in [2.24, 2.45) is 11.3 Å². The van der Waals surface area contributed by atoms with Crippen molar-refractivity contribution in [2.45, 2.75) is 44.7 Å². The summed E-state index contributed by atoms with van der Waals surface area (Å²) in [4.78, 5) is 33.8. The van der Waals surface area contributed by atoms with Crippen LogP contribution in [0.25, 0.3) is 0 Å². The Balaban J connectivity index is 0.00000140. The van der Waals surface area contributed by atoms with E-state index in [-0.39, 0.29) is 36.1 Å². The van der Waals surface area contributed by atoms with Gasteiger partial charge in [0.25, 0.3) is 0 Å². The second kappa shape index (κ2) is 9.46. The summed E-state index contributed by atoms with van der Waals surface area (Å²) in [7, 11) is 1.92. The van der Waals surface area contributed by atoms with E-state index in [1.807, 2.05) is 17.8 Å². The van der Waals surface area contributed by atoms with E-state index in [1.165, 1.54) is 0 Å². The monoisotopic (exact) mass is 431 g/mol. The van der Waals surface area contributed by atoms with Crippen molar-refractivity contribution in [1.29, 1.82) is 0 Å². The molecule has 3 aliphatic rings. The van der Waals surface area contributed by atoms with Gasteiger partial charge in [0.15, 0.2) is 0 Å². The lowest BCUT2D eigenvalue weighted by atomic mass is 9.83. The van der Waals surface area contributed by atoms with Crippen LogP contribution in [0.1, 0.15) is 32.1 Å². The summed E-state index contributed by atoms with van der Waals surface area (Å²) in [6, 6.07) is 0.303. The van der Waals surface area contributed by atoms with Gasteiger partial charge >= 0.3 is 0 Å². The number of imidazole rings is 1. The fraction of sp³-hybridized carbons (Fsp3) is 0.737. The molecule has 7 nitrogen and oxygen atoms in total. The Morgan fingerprint density at radius 2 is 2.11 bits per heavy atom. The summed E-state index contributed by atoms with van der Waals surface area (Å²) in [6.45, 7) is 3.91. The van der Waals surface area contributed by atoms with Crippen LogP contribution in [0.4, 0.5) is 0 Å². The Bertz CT molecular complexity index is 665. The topological polar surface area (TPSA) is 70.5 Å². The van der Waals surface area contributed by atoms with Gasteiger partial charge in [0.1, 0.15) is 0 Å². The number of nitrogens with zero attached hydrogens (tertiary/aromatic N) is 4. The van der Waals surface area contributed by atoms with E-state index in [1.54, 1.807) is 12.5 Å². The maximum Gasteiger partial charge on any atom is 0.230 e. The average molecular weight is 432 g/mol. The van der Waals surface area contributed by atoms with Gasteiger partial charge < -0.3 is 19.7 Å². The highest BCUT2D eigenvalue weighted by molar-refractivity contribution is 5.86. The lowest BCUT2D eigenvalue weighted by Crippen LogP contribution is -2.58. The van der Waals surface area contributed by atoms with Crippen molar-refractivity contribution in [2.75, 3.05) is 33.2 Å². The van der Waals surface area contributed by atoms with Crippen molar-refractivity contribution in [3.05, 3.63) is 18.7 Å². The highest BCUT2D eigenvalue weighted by atomic mass is 35.5. The number of likely N-dealkylation sites (N-methyl/N-ethyl adjacent to an activating group) is 1. The van der Waals surface area contributed by atoms with Gasteiger partial charge in [-0.3, -0.25) is 9.59 Å². The van der Waals surface area contributed by atoms with Crippen LogP contribution in [0, 0.1) is 11.3 Å². The molecule has 2 aliphatic heterocycles.